The van der Waals surface area contributed by atoms with Gasteiger partial charge in [0.1, 0.15) is 0 Å². The van der Waals surface area contributed by atoms with E-state index < -0.39 is 5.66 Å². The topological polar surface area (TPSA) is 57.1 Å². The van der Waals surface area contributed by atoms with E-state index in [1.165, 1.54) is 0 Å². The number of terminal acetylenes is 1. The Morgan fingerprint density at radius 2 is 2.00 bits per heavy atom. The molecule has 0 aliphatic carbocycles. The first-order valence-electron chi connectivity index (χ1n) is 7.91. The quantitative estimate of drug-likeness (QED) is 0.713. The van der Waals surface area contributed by atoms with Gasteiger partial charge in [0.25, 0.3) is 0 Å². The fraction of sp³-hybridized carbons (Fsp3) is 0.500. The van der Waals surface area contributed by atoms with Crippen LogP contribution in [0.4, 0.5) is 0 Å². The maximum Gasteiger partial charge on any atom is 0.220 e. The summed E-state index contributed by atoms with van der Waals surface area (Å²) in [6.07, 6.45) is 7.69. The molecule has 1 atom stereocenters. The Bertz CT molecular complexity index is 583. The van der Waals surface area contributed by atoms with Crippen molar-refractivity contribution in [1.29, 1.82) is 0 Å². The number of rotatable bonds is 9. The minimum atomic E-state index is -0.395. The van der Waals surface area contributed by atoms with Crippen molar-refractivity contribution in [1.82, 2.24) is 10.2 Å². The molecule has 5 nitrogen and oxygen atoms in total. The van der Waals surface area contributed by atoms with E-state index in [1.807, 2.05) is 44.4 Å². The van der Waals surface area contributed by atoms with Gasteiger partial charge < -0.3 is 10.2 Å². The Kier molecular flexibility index (Phi) is 5.89. The lowest BCUT2D eigenvalue weighted by atomic mass is 10.0. The lowest BCUT2D eigenvalue weighted by molar-refractivity contribution is -0.122. The van der Waals surface area contributed by atoms with Crippen LogP contribution in [0.2, 0.25) is 0 Å². The van der Waals surface area contributed by atoms with Crippen LogP contribution >= 0.6 is 0 Å². The third kappa shape index (κ3) is 5.50. The summed E-state index contributed by atoms with van der Waals surface area (Å²) in [6.45, 7) is 0.757. The minimum Gasteiger partial charge on any atom is -0.348 e. The van der Waals surface area contributed by atoms with Crippen LogP contribution in [-0.2, 0) is 4.79 Å². The van der Waals surface area contributed by atoms with Crippen LogP contribution in [0, 0.1) is 12.3 Å². The number of benzene rings is 1. The van der Waals surface area contributed by atoms with E-state index in [4.69, 9.17) is 6.42 Å². The molecular formula is C18H24N4O. The molecule has 0 radical (unpaired) electrons. The minimum absolute atomic E-state index is 0.0200. The van der Waals surface area contributed by atoms with Crippen LogP contribution in [0.5, 0.6) is 0 Å². The molecule has 1 aliphatic rings. The smallest absolute Gasteiger partial charge is 0.220 e. The molecule has 2 rings (SSSR count). The zero-order valence-corrected chi connectivity index (χ0v) is 13.8. The van der Waals surface area contributed by atoms with Crippen molar-refractivity contribution in [3.05, 3.63) is 35.9 Å². The zero-order valence-electron chi connectivity index (χ0n) is 13.8. The second kappa shape index (κ2) is 7.89. The highest BCUT2D eigenvalue weighted by atomic mass is 16.1. The zero-order chi connectivity index (χ0) is 16.7. The van der Waals surface area contributed by atoms with Gasteiger partial charge in [0.05, 0.1) is 6.04 Å². The number of nitrogens with zero attached hydrogens (tertiary/aromatic N) is 3. The monoisotopic (exact) mass is 312 g/mol. The lowest BCUT2D eigenvalue weighted by Crippen LogP contribution is -2.35. The molecule has 23 heavy (non-hydrogen) atoms. The Labute approximate surface area is 138 Å². The average Bonchev–Trinajstić information content (AvgIpc) is 3.31. The van der Waals surface area contributed by atoms with E-state index in [9.17, 15) is 4.79 Å². The summed E-state index contributed by atoms with van der Waals surface area (Å²) in [5.74, 6) is 2.63. The molecule has 0 saturated heterocycles. The van der Waals surface area contributed by atoms with Crippen molar-refractivity contribution in [3.8, 4) is 12.3 Å². The molecule has 1 unspecified atom stereocenters. The Morgan fingerprint density at radius 1 is 1.30 bits per heavy atom. The Hall–Kier alpha value is -2.19. The molecular weight excluding hydrogens is 288 g/mol. The number of likely N-dealkylation sites (N-methyl/N-ethyl adjacent to an activating group) is 1. The van der Waals surface area contributed by atoms with E-state index in [2.05, 4.69) is 26.4 Å². The fourth-order valence-corrected chi connectivity index (χ4v) is 2.53. The number of nitrogens with one attached hydrogen (secondary N) is 1. The number of carbonyl (C=O) groups excluding carboxylic acids is 1. The number of carbonyl (C=O) groups is 1. The van der Waals surface area contributed by atoms with E-state index in [0.29, 0.717) is 19.3 Å². The molecule has 0 saturated carbocycles. The van der Waals surface area contributed by atoms with Gasteiger partial charge in [-0.25, -0.2) is 0 Å². The average molecular weight is 312 g/mol. The maximum absolute atomic E-state index is 12.3. The largest absolute Gasteiger partial charge is 0.348 e. The predicted molar refractivity (Wildman–Crippen MR) is 90.8 cm³/mol. The van der Waals surface area contributed by atoms with Gasteiger partial charge in [-0.15, -0.1) is 12.3 Å². The highest BCUT2D eigenvalue weighted by molar-refractivity contribution is 5.76. The summed E-state index contributed by atoms with van der Waals surface area (Å²) in [6, 6.07) is 10.0. The van der Waals surface area contributed by atoms with Gasteiger partial charge in [0.15, 0.2) is 5.66 Å². The SMILES string of the molecule is C#CCCC1(CCC(=O)NC(CN(C)C)c2ccccc2)N=N1. The van der Waals surface area contributed by atoms with E-state index in [0.717, 1.165) is 18.5 Å². The third-order valence-corrected chi connectivity index (χ3v) is 3.89. The molecule has 1 amide bonds. The van der Waals surface area contributed by atoms with Gasteiger partial charge in [-0.1, -0.05) is 30.3 Å². The van der Waals surface area contributed by atoms with Crippen molar-refractivity contribution in [2.75, 3.05) is 20.6 Å². The van der Waals surface area contributed by atoms with Crippen molar-refractivity contribution in [3.63, 3.8) is 0 Å². The normalized spacial score (nSPS) is 15.9. The molecule has 1 aromatic rings. The van der Waals surface area contributed by atoms with Gasteiger partial charge >= 0.3 is 0 Å². The number of hydrogen-bond donors (Lipinski definition) is 1. The predicted octanol–water partition coefficient (Wildman–Crippen LogP) is 2.76. The molecule has 122 valence electrons. The van der Waals surface area contributed by atoms with Crippen LogP contribution in [0.15, 0.2) is 40.6 Å². The second-order valence-electron chi connectivity index (χ2n) is 6.18. The first kappa shape index (κ1) is 17.2. The van der Waals surface area contributed by atoms with Crippen LogP contribution in [0.25, 0.3) is 0 Å². The van der Waals surface area contributed by atoms with Crippen molar-refractivity contribution >= 4 is 5.91 Å². The third-order valence-electron chi connectivity index (χ3n) is 3.89. The molecule has 0 aromatic heterocycles. The highest BCUT2D eigenvalue weighted by Gasteiger charge is 2.39. The molecule has 5 heteroatoms. The molecule has 0 bridgehead atoms. The van der Waals surface area contributed by atoms with Crippen molar-refractivity contribution < 1.29 is 4.79 Å². The summed E-state index contributed by atoms with van der Waals surface area (Å²) >= 11 is 0. The summed E-state index contributed by atoms with van der Waals surface area (Å²) in [5, 5.41) is 11.3. The molecule has 1 N–H and O–H groups in total. The van der Waals surface area contributed by atoms with Gasteiger partial charge in [0.2, 0.25) is 5.91 Å². The Balaban J connectivity index is 1.87. The van der Waals surface area contributed by atoms with Gasteiger partial charge in [-0.2, -0.15) is 10.2 Å². The van der Waals surface area contributed by atoms with Crippen LogP contribution < -0.4 is 5.32 Å². The highest BCUT2D eigenvalue weighted by Crippen LogP contribution is 2.37. The summed E-state index contributed by atoms with van der Waals surface area (Å²) in [5.41, 5.74) is 0.713. The van der Waals surface area contributed by atoms with Gasteiger partial charge in [-0.3, -0.25) is 4.79 Å². The van der Waals surface area contributed by atoms with Crippen LogP contribution in [-0.4, -0.2) is 37.1 Å². The first-order chi connectivity index (χ1) is 11.0. The first-order valence-corrected chi connectivity index (χ1v) is 7.91. The maximum atomic E-state index is 12.3. The lowest BCUT2D eigenvalue weighted by Gasteiger charge is -2.23. The Morgan fingerprint density at radius 3 is 2.57 bits per heavy atom. The fourth-order valence-electron chi connectivity index (χ4n) is 2.53. The summed E-state index contributed by atoms with van der Waals surface area (Å²) < 4.78 is 0. The number of hydrogen-bond acceptors (Lipinski definition) is 4. The molecule has 0 fully saturated rings. The van der Waals surface area contributed by atoms with Crippen LogP contribution in [0.1, 0.15) is 37.3 Å². The van der Waals surface area contributed by atoms with E-state index in [-0.39, 0.29) is 11.9 Å². The second-order valence-corrected chi connectivity index (χ2v) is 6.18. The molecule has 0 spiro atoms. The molecule has 1 aromatic carbocycles. The molecule has 1 aliphatic heterocycles. The number of amides is 1. The van der Waals surface area contributed by atoms with E-state index in [1.54, 1.807) is 0 Å². The van der Waals surface area contributed by atoms with Crippen molar-refractivity contribution in [2.45, 2.75) is 37.4 Å². The van der Waals surface area contributed by atoms with E-state index >= 15 is 0 Å². The summed E-state index contributed by atoms with van der Waals surface area (Å²) in [7, 11) is 4.00. The molecule has 1 heterocycles. The van der Waals surface area contributed by atoms with Gasteiger partial charge in [-0.05, 0) is 19.7 Å². The summed E-state index contributed by atoms with van der Waals surface area (Å²) in [4.78, 5) is 14.4. The standard InChI is InChI=1S/C18H24N4O/c1-4-5-12-18(20-21-18)13-11-17(23)19-16(14-22(2)3)15-9-7-6-8-10-15/h1,6-10,16H,5,11-14H2,2-3H3,(H,19,23). The van der Waals surface area contributed by atoms with Crippen LogP contribution in [0.3, 0.4) is 0 Å². The van der Waals surface area contributed by atoms with Gasteiger partial charge in [0, 0.05) is 32.2 Å². The van der Waals surface area contributed by atoms with Crippen molar-refractivity contribution in [2.24, 2.45) is 10.2 Å².